The number of hydrogen-bond donors (Lipinski definition) is 1. The molecule has 22 heavy (non-hydrogen) atoms. The molecule has 1 unspecified atom stereocenters. The molecule has 2 saturated heterocycles. The summed E-state index contributed by atoms with van der Waals surface area (Å²) in [4.78, 5) is 6.45. The van der Waals surface area contributed by atoms with E-state index in [2.05, 4.69) is 21.7 Å². The second kappa shape index (κ2) is 6.70. The van der Waals surface area contributed by atoms with Gasteiger partial charge in [0.2, 0.25) is 0 Å². The molecule has 0 bridgehead atoms. The smallest absolute Gasteiger partial charge is 0.131 e. The lowest BCUT2D eigenvalue weighted by Crippen LogP contribution is -2.42. The molecule has 0 spiro atoms. The van der Waals surface area contributed by atoms with Crippen molar-refractivity contribution in [2.45, 2.75) is 31.8 Å². The highest BCUT2D eigenvalue weighted by Gasteiger charge is 2.28. The molecular weight excluding hydrogens is 316 g/mol. The minimum Gasteiger partial charge on any atom is -0.390 e. The second-order valence-corrected chi connectivity index (χ2v) is 7.88. The van der Waals surface area contributed by atoms with E-state index >= 15 is 0 Å². The van der Waals surface area contributed by atoms with Crippen LogP contribution >= 0.6 is 23.4 Å². The number of anilines is 1. The molecule has 2 fully saturated rings. The van der Waals surface area contributed by atoms with Crippen LogP contribution in [-0.4, -0.2) is 40.3 Å². The maximum atomic E-state index is 10.1. The Kier molecular flexibility index (Phi) is 4.87. The van der Waals surface area contributed by atoms with Gasteiger partial charge in [0.1, 0.15) is 5.15 Å². The van der Waals surface area contributed by atoms with Crippen LogP contribution in [-0.2, 0) is 0 Å². The van der Waals surface area contributed by atoms with Gasteiger partial charge in [-0.15, -0.1) is 0 Å². The van der Waals surface area contributed by atoms with Gasteiger partial charge in [0, 0.05) is 37.0 Å². The first-order valence-corrected chi connectivity index (χ1v) is 9.29. The largest absolute Gasteiger partial charge is 0.390 e. The van der Waals surface area contributed by atoms with Gasteiger partial charge in [-0.1, -0.05) is 23.4 Å². The van der Waals surface area contributed by atoms with E-state index in [1.165, 1.54) is 12.2 Å². The van der Waals surface area contributed by atoms with Crippen LogP contribution < -0.4 is 4.90 Å². The van der Waals surface area contributed by atoms with Crippen molar-refractivity contribution in [2.75, 3.05) is 29.5 Å². The lowest BCUT2D eigenvalue weighted by atomic mass is 9.93. The van der Waals surface area contributed by atoms with Gasteiger partial charge in [-0.05, 0) is 31.9 Å². The van der Waals surface area contributed by atoms with E-state index in [9.17, 15) is 5.11 Å². The van der Waals surface area contributed by atoms with E-state index in [-0.39, 0.29) is 0 Å². The predicted octanol–water partition coefficient (Wildman–Crippen LogP) is 3.19. The van der Waals surface area contributed by atoms with E-state index in [1.807, 2.05) is 24.8 Å². The summed E-state index contributed by atoms with van der Waals surface area (Å²) in [6.07, 6.45) is 4.48. The number of thioether (sulfide) groups is 1. The minimum absolute atomic E-state index is 0.495. The van der Waals surface area contributed by atoms with E-state index in [1.54, 1.807) is 6.20 Å². The number of pyridine rings is 1. The Labute approximate surface area is 141 Å². The summed E-state index contributed by atoms with van der Waals surface area (Å²) < 4.78 is 0. The fraction of sp³-hybridized carbons (Fsp3) is 0.588. The van der Waals surface area contributed by atoms with Gasteiger partial charge in [-0.2, -0.15) is 11.8 Å². The normalized spacial score (nSPS) is 24.0. The third-order valence-electron chi connectivity index (χ3n) is 4.37. The molecular formula is C17H21ClN2OS. The van der Waals surface area contributed by atoms with Gasteiger partial charge >= 0.3 is 0 Å². The molecule has 0 aliphatic carbocycles. The van der Waals surface area contributed by atoms with Crippen LogP contribution in [0, 0.1) is 17.8 Å². The Hall–Kier alpha value is -0.890. The van der Waals surface area contributed by atoms with Gasteiger partial charge in [0.15, 0.2) is 0 Å². The van der Waals surface area contributed by atoms with Crippen molar-refractivity contribution in [2.24, 2.45) is 5.92 Å². The Balaban J connectivity index is 1.82. The van der Waals surface area contributed by atoms with Crippen LogP contribution in [0.15, 0.2) is 12.3 Å². The summed E-state index contributed by atoms with van der Waals surface area (Å²) in [5.41, 5.74) is 1.44. The standard InChI is InChI=1S/C17H21ClN2OS/c1-17(21)5-7-20(8-6-17)15-10-16(18)19-11-14(15)3-2-13-4-9-22-12-13/h10-11,13,21H,4-9,12H2,1H3. The van der Waals surface area contributed by atoms with Gasteiger partial charge in [-0.25, -0.2) is 4.98 Å². The zero-order valence-electron chi connectivity index (χ0n) is 12.8. The zero-order valence-corrected chi connectivity index (χ0v) is 14.4. The quantitative estimate of drug-likeness (QED) is 0.631. The second-order valence-electron chi connectivity index (χ2n) is 6.34. The zero-order chi connectivity index (χ0) is 15.6. The lowest BCUT2D eigenvalue weighted by molar-refractivity contribution is 0.0351. The van der Waals surface area contributed by atoms with Gasteiger partial charge < -0.3 is 10.0 Å². The molecule has 2 aliphatic heterocycles. The SMILES string of the molecule is CC1(O)CCN(c2cc(Cl)ncc2C#CC2CCSC2)CC1. The highest BCUT2D eigenvalue weighted by atomic mass is 35.5. The van der Waals surface area contributed by atoms with Crippen molar-refractivity contribution in [3.63, 3.8) is 0 Å². The van der Waals surface area contributed by atoms with Crippen LogP contribution in [0.25, 0.3) is 0 Å². The molecule has 0 amide bonds. The number of halogens is 1. The lowest BCUT2D eigenvalue weighted by Gasteiger charge is -2.37. The van der Waals surface area contributed by atoms with Gasteiger partial charge in [0.25, 0.3) is 0 Å². The van der Waals surface area contributed by atoms with E-state index in [4.69, 9.17) is 11.6 Å². The Morgan fingerprint density at radius 2 is 2.23 bits per heavy atom. The maximum Gasteiger partial charge on any atom is 0.131 e. The summed E-state index contributed by atoms with van der Waals surface area (Å²) in [6.45, 7) is 3.55. The first-order valence-electron chi connectivity index (χ1n) is 7.76. The number of aromatic nitrogens is 1. The van der Waals surface area contributed by atoms with Gasteiger partial charge in [0.05, 0.1) is 16.9 Å². The molecule has 0 radical (unpaired) electrons. The third-order valence-corrected chi connectivity index (χ3v) is 5.74. The molecule has 1 N–H and O–H groups in total. The topological polar surface area (TPSA) is 36.4 Å². The summed E-state index contributed by atoms with van der Waals surface area (Å²) in [6, 6.07) is 1.90. The monoisotopic (exact) mass is 336 g/mol. The number of rotatable bonds is 1. The van der Waals surface area contributed by atoms with Crippen LogP contribution in [0.3, 0.4) is 0 Å². The summed E-state index contributed by atoms with van der Waals surface area (Å²) in [5, 5.41) is 10.6. The molecule has 0 saturated carbocycles. The molecule has 2 aliphatic rings. The van der Waals surface area contributed by atoms with Gasteiger partial charge in [-0.3, -0.25) is 0 Å². The third kappa shape index (κ3) is 3.90. The maximum absolute atomic E-state index is 10.1. The van der Waals surface area contributed by atoms with E-state index in [0.29, 0.717) is 11.1 Å². The van der Waals surface area contributed by atoms with Crippen LogP contribution in [0.2, 0.25) is 5.15 Å². The molecule has 0 aromatic carbocycles. The Bertz CT molecular complexity index is 592. The van der Waals surface area contributed by atoms with Crippen molar-refractivity contribution in [3.8, 4) is 11.8 Å². The first kappa shape index (κ1) is 16.0. The Morgan fingerprint density at radius 1 is 1.45 bits per heavy atom. The van der Waals surface area contributed by atoms with Crippen molar-refractivity contribution in [1.82, 2.24) is 4.98 Å². The molecule has 1 atom stereocenters. The number of aliphatic hydroxyl groups is 1. The van der Waals surface area contributed by atoms with E-state index < -0.39 is 5.60 Å². The molecule has 3 heterocycles. The summed E-state index contributed by atoms with van der Waals surface area (Å²) in [7, 11) is 0. The van der Waals surface area contributed by atoms with Crippen molar-refractivity contribution in [3.05, 3.63) is 23.0 Å². The first-order chi connectivity index (χ1) is 10.5. The average Bonchev–Trinajstić information content (AvgIpc) is 2.99. The number of piperidine rings is 1. The molecule has 1 aromatic heterocycles. The van der Waals surface area contributed by atoms with Crippen LogP contribution in [0.1, 0.15) is 31.7 Å². The van der Waals surface area contributed by atoms with Crippen molar-refractivity contribution < 1.29 is 5.11 Å². The van der Waals surface area contributed by atoms with Crippen molar-refractivity contribution in [1.29, 1.82) is 0 Å². The fourth-order valence-corrected chi connectivity index (χ4v) is 4.14. The highest BCUT2D eigenvalue weighted by Crippen LogP contribution is 2.29. The fourth-order valence-electron chi connectivity index (χ4n) is 2.84. The predicted molar refractivity (Wildman–Crippen MR) is 93.6 cm³/mol. The van der Waals surface area contributed by atoms with Crippen LogP contribution in [0.5, 0.6) is 0 Å². The van der Waals surface area contributed by atoms with E-state index in [0.717, 1.165) is 42.9 Å². The number of hydrogen-bond acceptors (Lipinski definition) is 4. The minimum atomic E-state index is -0.555. The Morgan fingerprint density at radius 3 is 2.91 bits per heavy atom. The van der Waals surface area contributed by atoms with Crippen LogP contribution in [0.4, 0.5) is 5.69 Å². The van der Waals surface area contributed by atoms with Crippen molar-refractivity contribution >= 4 is 29.1 Å². The summed E-state index contributed by atoms with van der Waals surface area (Å²) >= 11 is 8.06. The highest BCUT2D eigenvalue weighted by molar-refractivity contribution is 7.99. The molecule has 118 valence electrons. The molecule has 1 aromatic rings. The molecule has 5 heteroatoms. The summed E-state index contributed by atoms with van der Waals surface area (Å²) in [5.74, 6) is 9.54. The number of nitrogens with zero attached hydrogens (tertiary/aromatic N) is 2. The average molecular weight is 337 g/mol. The molecule has 3 nitrogen and oxygen atoms in total. The molecule has 3 rings (SSSR count).